The third kappa shape index (κ3) is 3.83. The molecule has 2 amide bonds. The summed E-state index contributed by atoms with van der Waals surface area (Å²) in [7, 11) is 0. The number of nitrogens with zero attached hydrogens (tertiary/aromatic N) is 1. The lowest BCUT2D eigenvalue weighted by molar-refractivity contribution is 0.262. The Morgan fingerprint density at radius 3 is 2.23 bits per heavy atom. The van der Waals surface area contributed by atoms with E-state index >= 15 is 0 Å². The summed E-state index contributed by atoms with van der Waals surface area (Å²) in [5.74, 6) is 0. The predicted octanol–water partition coefficient (Wildman–Crippen LogP) is 4.53. The van der Waals surface area contributed by atoms with Crippen LogP contribution in [0, 0.1) is 0 Å². The SMILES string of the molecule is O=C(Nc1ccc(Nc2ccccc2)cc1)Nc1nccs1. The number of hydrogen-bond donors (Lipinski definition) is 3. The number of urea groups is 1. The first-order valence-electron chi connectivity index (χ1n) is 6.69. The zero-order valence-corrected chi connectivity index (χ0v) is 12.4. The maximum absolute atomic E-state index is 11.8. The van der Waals surface area contributed by atoms with E-state index in [1.165, 1.54) is 11.3 Å². The molecule has 0 fully saturated rings. The molecule has 2 aromatic carbocycles. The normalized spacial score (nSPS) is 10.0. The molecule has 0 aliphatic rings. The zero-order valence-electron chi connectivity index (χ0n) is 11.6. The molecule has 5 nitrogen and oxygen atoms in total. The number of anilines is 4. The molecule has 0 aliphatic heterocycles. The number of aromatic nitrogens is 1. The van der Waals surface area contributed by atoms with Gasteiger partial charge in [-0.2, -0.15) is 0 Å². The molecule has 22 heavy (non-hydrogen) atoms. The van der Waals surface area contributed by atoms with Gasteiger partial charge in [0.25, 0.3) is 0 Å². The van der Waals surface area contributed by atoms with Crippen molar-refractivity contribution in [1.29, 1.82) is 0 Å². The molecule has 0 atom stereocenters. The van der Waals surface area contributed by atoms with Crippen LogP contribution in [0.3, 0.4) is 0 Å². The number of amides is 2. The summed E-state index contributed by atoms with van der Waals surface area (Å²) >= 11 is 1.37. The number of rotatable bonds is 4. The monoisotopic (exact) mass is 310 g/mol. The minimum atomic E-state index is -0.307. The van der Waals surface area contributed by atoms with Crippen LogP contribution < -0.4 is 16.0 Å². The van der Waals surface area contributed by atoms with Gasteiger partial charge in [0.05, 0.1) is 0 Å². The molecule has 0 saturated heterocycles. The molecule has 1 aromatic heterocycles. The van der Waals surface area contributed by atoms with Crippen molar-refractivity contribution in [1.82, 2.24) is 4.98 Å². The number of hydrogen-bond acceptors (Lipinski definition) is 4. The van der Waals surface area contributed by atoms with Crippen molar-refractivity contribution >= 4 is 39.6 Å². The number of para-hydroxylation sites is 1. The van der Waals surface area contributed by atoms with E-state index in [2.05, 4.69) is 20.9 Å². The van der Waals surface area contributed by atoms with Crippen molar-refractivity contribution in [2.75, 3.05) is 16.0 Å². The minimum Gasteiger partial charge on any atom is -0.356 e. The molecule has 0 bridgehead atoms. The molecule has 3 N–H and O–H groups in total. The van der Waals surface area contributed by atoms with Crippen LogP contribution >= 0.6 is 11.3 Å². The fraction of sp³-hybridized carbons (Fsp3) is 0. The van der Waals surface area contributed by atoms with Gasteiger partial charge in [0.1, 0.15) is 0 Å². The van der Waals surface area contributed by atoms with Gasteiger partial charge in [-0.05, 0) is 36.4 Å². The zero-order chi connectivity index (χ0) is 15.2. The van der Waals surface area contributed by atoms with Crippen LogP contribution in [-0.2, 0) is 0 Å². The number of carbonyl (C=O) groups excluding carboxylic acids is 1. The molecule has 3 aromatic rings. The predicted molar refractivity (Wildman–Crippen MR) is 90.9 cm³/mol. The molecule has 1 heterocycles. The maximum atomic E-state index is 11.8. The highest BCUT2D eigenvalue weighted by molar-refractivity contribution is 7.13. The van der Waals surface area contributed by atoms with E-state index in [-0.39, 0.29) is 6.03 Å². The summed E-state index contributed by atoms with van der Waals surface area (Å²) in [6, 6.07) is 17.1. The Kier molecular flexibility index (Phi) is 4.31. The Morgan fingerprint density at radius 2 is 1.55 bits per heavy atom. The van der Waals surface area contributed by atoms with Crippen molar-refractivity contribution in [2.45, 2.75) is 0 Å². The first-order chi connectivity index (χ1) is 10.8. The van der Waals surface area contributed by atoms with E-state index in [0.717, 1.165) is 11.4 Å². The summed E-state index contributed by atoms with van der Waals surface area (Å²) < 4.78 is 0. The van der Waals surface area contributed by atoms with Gasteiger partial charge >= 0.3 is 6.03 Å². The van der Waals surface area contributed by atoms with E-state index in [0.29, 0.717) is 10.8 Å². The average molecular weight is 310 g/mol. The molecule has 0 radical (unpaired) electrons. The molecule has 3 rings (SSSR count). The number of carbonyl (C=O) groups is 1. The quantitative estimate of drug-likeness (QED) is 0.663. The Balaban J connectivity index is 1.58. The van der Waals surface area contributed by atoms with Crippen LogP contribution in [0.5, 0.6) is 0 Å². The van der Waals surface area contributed by atoms with Crippen molar-refractivity contribution < 1.29 is 4.79 Å². The second-order valence-electron chi connectivity index (χ2n) is 4.48. The smallest absolute Gasteiger partial charge is 0.325 e. The minimum absolute atomic E-state index is 0.307. The highest BCUT2D eigenvalue weighted by atomic mass is 32.1. The van der Waals surface area contributed by atoms with Gasteiger partial charge in [0.2, 0.25) is 0 Å². The second kappa shape index (κ2) is 6.73. The molecule has 0 aliphatic carbocycles. The summed E-state index contributed by atoms with van der Waals surface area (Å²) in [5, 5.41) is 11.1. The van der Waals surface area contributed by atoms with E-state index in [9.17, 15) is 4.79 Å². The van der Waals surface area contributed by atoms with Crippen molar-refractivity contribution in [3.8, 4) is 0 Å². The van der Waals surface area contributed by atoms with Gasteiger partial charge in [0, 0.05) is 28.6 Å². The first kappa shape index (κ1) is 14.1. The highest BCUT2D eigenvalue weighted by Gasteiger charge is 2.04. The van der Waals surface area contributed by atoms with Crippen LogP contribution in [-0.4, -0.2) is 11.0 Å². The Morgan fingerprint density at radius 1 is 0.864 bits per heavy atom. The third-order valence-electron chi connectivity index (χ3n) is 2.86. The van der Waals surface area contributed by atoms with Gasteiger partial charge in [-0.15, -0.1) is 11.3 Å². The molecule has 110 valence electrons. The fourth-order valence-corrected chi connectivity index (χ4v) is 2.39. The molecule has 0 saturated carbocycles. The fourth-order valence-electron chi connectivity index (χ4n) is 1.87. The molecule has 6 heteroatoms. The van der Waals surface area contributed by atoms with E-state index < -0.39 is 0 Å². The van der Waals surface area contributed by atoms with Gasteiger partial charge in [-0.1, -0.05) is 18.2 Å². The van der Waals surface area contributed by atoms with Crippen LogP contribution in [0.2, 0.25) is 0 Å². The lowest BCUT2D eigenvalue weighted by Crippen LogP contribution is -2.19. The third-order valence-corrected chi connectivity index (χ3v) is 3.55. The van der Waals surface area contributed by atoms with E-state index in [1.807, 2.05) is 54.6 Å². The lowest BCUT2D eigenvalue weighted by atomic mass is 10.2. The average Bonchev–Trinajstić information content (AvgIpc) is 3.03. The van der Waals surface area contributed by atoms with E-state index in [1.54, 1.807) is 11.6 Å². The van der Waals surface area contributed by atoms with Crippen LogP contribution in [0.15, 0.2) is 66.2 Å². The maximum Gasteiger partial charge on any atom is 0.325 e. The van der Waals surface area contributed by atoms with Crippen LogP contribution in [0.25, 0.3) is 0 Å². The highest BCUT2D eigenvalue weighted by Crippen LogP contribution is 2.19. The lowest BCUT2D eigenvalue weighted by Gasteiger charge is -2.08. The van der Waals surface area contributed by atoms with Crippen LogP contribution in [0.1, 0.15) is 0 Å². The molecular weight excluding hydrogens is 296 g/mol. The number of nitrogens with one attached hydrogen (secondary N) is 3. The van der Waals surface area contributed by atoms with Crippen molar-refractivity contribution in [2.24, 2.45) is 0 Å². The van der Waals surface area contributed by atoms with Gasteiger partial charge in [0.15, 0.2) is 5.13 Å². The van der Waals surface area contributed by atoms with Gasteiger partial charge < -0.3 is 10.6 Å². The summed E-state index contributed by atoms with van der Waals surface area (Å²) in [6.45, 7) is 0. The van der Waals surface area contributed by atoms with Gasteiger partial charge in [-0.25, -0.2) is 9.78 Å². The Labute approximate surface area is 132 Å². The standard InChI is InChI=1S/C16H14N4OS/c21-15(20-16-17-10-11-22-16)19-14-8-6-13(7-9-14)18-12-4-2-1-3-5-12/h1-11,18H,(H2,17,19,20,21). The topological polar surface area (TPSA) is 66.1 Å². The summed E-state index contributed by atoms with van der Waals surface area (Å²) in [5.41, 5.74) is 2.69. The first-order valence-corrected chi connectivity index (χ1v) is 7.57. The summed E-state index contributed by atoms with van der Waals surface area (Å²) in [4.78, 5) is 15.8. The number of thiazole rings is 1. The largest absolute Gasteiger partial charge is 0.356 e. The Hall–Kier alpha value is -2.86. The molecule has 0 unspecified atom stereocenters. The van der Waals surface area contributed by atoms with Crippen molar-refractivity contribution in [3.63, 3.8) is 0 Å². The molecular formula is C16H14N4OS. The molecule has 0 spiro atoms. The van der Waals surface area contributed by atoms with E-state index in [4.69, 9.17) is 0 Å². The van der Waals surface area contributed by atoms with Gasteiger partial charge in [-0.3, -0.25) is 5.32 Å². The summed E-state index contributed by atoms with van der Waals surface area (Å²) in [6.07, 6.45) is 1.64. The van der Waals surface area contributed by atoms with Crippen LogP contribution in [0.4, 0.5) is 27.0 Å². The number of benzene rings is 2. The Bertz CT molecular complexity index is 727. The van der Waals surface area contributed by atoms with Crippen molar-refractivity contribution in [3.05, 3.63) is 66.2 Å². The second-order valence-corrected chi connectivity index (χ2v) is 5.38.